The van der Waals surface area contributed by atoms with Crippen molar-refractivity contribution in [3.05, 3.63) is 71.3 Å². The highest BCUT2D eigenvalue weighted by molar-refractivity contribution is 7.88. The second-order valence-corrected chi connectivity index (χ2v) is 8.82. The normalized spacial score (nSPS) is 16.5. The predicted molar refractivity (Wildman–Crippen MR) is 102 cm³/mol. The van der Waals surface area contributed by atoms with Crippen molar-refractivity contribution in [2.45, 2.75) is 25.0 Å². The lowest BCUT2D eigenvalue weighted by atomic mass is 9.91. The van der Waals surface area contributed by atoms with E-state index in [1.807, 2.05) is 42.5 Å². The molecule has 1 fully saturated rings. The Morgan fingerprint density at radius 2 is 1.58 bits per heavy atom. The monoisotopic (exact) mass is 372 g/mol. The summed E-state index contributed by atoms with van der Waals surface area (Å²) in [6.45, 7) is 1.14. The molecule has 2 aromatic carbocycles. The van der Waals surface area contributed by atoms with Gasteiger partial charge in [0, 0.05) is 18.7 Å². The van der Waals surface area contributed by atoms with Crippen LogP contribution in [-0.2, 0) is 22.2 Å². The lowest BCUT2D eigenvalue weighted by Gasteiger charge is -2.31. The number of hydrogen-bond donors (Lipinski definition) is 1. The van der Waals surface area contributed by atoms with Crippen LogP contribution in [0.3, 0.4) is 0 Å². The lowest BCUT2D eigenvalue weighted by Crippen LogP contribution is -2.39. The number of piperidine rings is 1. The average Bonchev–Trinajstić information content (AvgIpc) is 2.63. The fourth-order valence-electron chi connectivity index (χ4n) is 3.41. The number of sulfonamides is 1. The number of carbonyl (C=O) groups is 1. The topological polar surface area (TPSA) is 80.5 Å². The van der Waals surface area contributed by atoms with Crippen molar-refractivity contribution in [2.24, 2.45) is 11.7 Å². The second-order valence-electron chi connectivity index (χ2n) is 6.85. The fourth-order valence-corrected chi connectivity index (χ4v) is 4.97. The fraction of sp³-hybridized carbons (Fsp3) is 0.350. The standard InChI is InChI=1S/C20H24N2O3S/c21-20(23)19-8-6-16(7-9-19)14-17-10-12-22(13-11-17)26(24,25)15-18-4-2-1-3-5-18/h1-9,17H,10-15H2,(H2,21,23). The van der Waals surface area contributed by atoms with Crippen LogP contribution in [0.4, 0.5) is 0 Å². The van der Waals surface area contributed by atoms with Crippen molar-refractivity contribution in [2.75, 3.05) is 13.1 Å². The van der Waals surface area contributed by atoms with Gasteiger partial charge >= 0.3 is 0 Å². The second kappa shape index (κ2) is 8.01. The molecule has 0 atom stereocenters. The summed E-state index contributed by atoms with van der Waals surface area (Å²) in [5.74, 6) is 0.0960. The Kier molecular flexibility index (Phi) is 5.74. The number of amides is 1. The van der Waals surface area contributed by atoms with E-state index in [0.29, 0.717) is 24.6 Å². The van der Waals surface area contributed by atoms with E-state index in [2.05, 4.69) is 0 Å². The van der Waals surface area contributed by atoms with Gasteiger partial charge in [-0.25, -0.2) is 12.7 Å². The molecule has 138 valence electrons. The van der Waals surface area contributed by atoms with Crippen molar-refractivity contribution in [3.63, 3.8) is 0 Å². The number of primary amides is 1. The van der Waals surface area contributed by atoms with Gasteiger partial charge in [-0.1, -0.05) is 42.5 Å². The zero-order valence-electron chi connectivity index (χ0n) is 14.7. The summed E-state index contributed by atoms with van der Waals surface area (Å²) in [5, 5.41) is 0. The first-order chi connectivity index (χ1) is 12.4. The SMILES string of the molecule is NC(=O)c1ccc(CC2CCN(S(=O)(=O)Cc3ccccc3)CC2)cc1. The summed E-state index contributed by atoms with van der Waals surface area (Å²) >= 11 is 0. The highest BCUT2D eigenvalue weighted by atomic mass is 32.2. The van der Waals surface area contributed by atoms with Gasteiger partial charge in [-0.15, -0.1) is 0 Å². The van der Waals surface area contributed by atoms with Gasteiger partial charge in [0.1, 0.15) is 0 Å². The van der Waals surface area contributed by atoms with E-state index < -0.39 is 15.9 Å². The van der Waals surface area contributed by atoms with Crippen molar-refractivity contribution >= 4 is 15.9 Å². The van der Waals surface area contributed by atoms with Crippen LogP contribution in [0.5, 0.6) is 0 Å². The van der Waals surface area contributed by atoms with E-state index in [1.54, 1.807) is 16.4 Å². The molecule has 2 N–H and O–H groups in total. The quantitative estimate of drug-likeness (QED) is 0.846. The minimum Gasteiger partial charge on any atom is -0.366 e. The van der Waals surface area contributed by atoms with E-state index in [1.165, 1.54) is 0 Å². The molecule has 0 radical (unpaired) electrons. The maximum absolute atomic E-state index is 12.6. The van der Waals surface area contributed by atoms with Gasteiger partial charge < -0.3 is 5.73 Å². The molecule has 0 aromatic heterocycles. The molecular weight excluding hydrogens is 348 g/mol. The van der Waals surface area contributed by atoms with Crippen molar-refractivity contribution < 1.29 is 13.2 Å². The van der Waals surface area contributed by atoms with E-state index >= 15 is 0 Å². The van der Waals surface area contributed by atoms with Crippen LogP contribution in [0.15, 0.2) is 54.6 Å². The predicted octanol–water partition coefficient (Wildman–Crippen LogP) is 2.57. The largest absolute Gasteiger partial charge is 0.366 e. The number of benzene rings is 2. The Hall–Kier alpha value is -2.18. The Balaban J connectivity index is 1.54. The number of nitrogens with zero attached hydrogens (tertiary/aromatic N) is 1. The first-order valence-electron chi connectivity index (χ1n) is 8.84. The molecule has 1 heterocycles. The van der Waals surface area contributed by atoms with Crippen LogP contribution in [0.2, 0.25) is 0 Å². The summed E-state index contributed by atoms with van der Waals surface area (Å²) in [7, 11) is -3.27. The van der Waals surface area contributed by atoms with Gasteiger partial charge in [-0.3, -0.25) is 4.79 Å². The first-order valence-corrected chi connectivity index (χ1v) is 10.5. The minimum atomic E-state index is -3.27. The smallest absolute Gasteiger partial charge is 0.248 e. The molecule has 5 nitrogen and oxygen atoms in total. The molecule has 6 heteroatoms. The van der Waals surface area contributed by atoms with Crippen LogP contribution >= 0.6 is 0 Å². The third kappa shape index (κ3) is 4.71. The maximum atomic E-state index is 12.6. The van der Waals surface area contributed by atoms with E-state index in [0.717, 1.165) is 30.4 Å². The Morgan fingerprint density at radius 1 is 0.962 bits per heavy atom. The lowest BCUT2D eigenvalue weighted by molar-refractivity contribution is 0.100. The number of carbonyl (C=O) groups excluding carboxylic acids is 1. The summed E-state index contributed by atoms with van der Waals surface area (Å²) in [4.78, 5) is 11.1. The number of nitrogens with two attached hydrogens (primary N) is 1. The molecule has 26 heavy (non-hydrogen) atoms. The molecular formula is C20H24N2O3S. The highest BCUT2D eigenvalue weighted by Gasteiger charge is 2.28. The molecule has 1 aliphatic heterocycles. The van der Waals surface area contributed by atoms with Gasteiger partial charge in [0.2, 0.25) is 15.9 Å². The Labute approximate surface area is 154 Å². The summed E-state index contributed by atoms with van der Waals surface area (Å²) in [6.07, 6.45) is 2.60. The Morgan fingerprint density at radius 3 is 2.15 bits per heavy atom. The summed E-state index contributed by atoms with van der Waals surface area (Å²) in [5.41, 5.74) is 7.74. The van der Waals surface area contributed by atoms with Gasteiger partial charge in [0.25, 0.3) is 0 Å². The molecule has 1 saturated heterocycles. The zero-order chi connectivity index (χ0) is 18.6. The highest BCUT2D eigenvalue weighted by Crippen LogP contribution is 2.24. The number of rotatable bonds is 6. The average molecular weight is 372 g/mol. The van der Waals surface area contributed by atoms with Crippen molar-refractivity contribution in [1.82, 2.24) is 4.31 Å². The third-order valence-corrected chi connectivity index (χ3v) is 6.77. The number of hydrogen-bond acceptors (Lipinski definition) is 3. The van der Waals surface area contributed by atoms with Gasteiger partial charge in [-0.2, -0.15) is 0 Å². The molecule has 0 aliphatic carbocycles. The van der Waals surface area contributed by atoms with Crippen molar-refractivity contribution in [3.8, 4) is 0 Å². The van der Waals surface area contributed by atoms with Crippen LogP contribution < -0.4 is 5.73 Å². The first kappa shape index (κ1) is 18.6. The molecule has 0 saturated carbocycles. The zero-order valence-corrected chi connectivity index (χ0v) is 15.5. The van der Waals surface area contributed by atoms with Gasteiger partial charge in [0.15, 0.2) is 0 Å². The van der Waals surface area contributed by atoms with Gasteiger partial charge in [0.05, 0.1) is 5.75 Å². The molecule has 0 spiro atoms. The van der Waals surface area contributed by atoms with Crippen LogP contribution in [0, 0.1) is 5.92 Å². The molecule has 0 unspecified atom stereocenters. The maximum Gasteiger partial charge on any atom is 0.248 e. The van der Waals surface area contributed by atoms with Crippen molar-refractivity contribution in [1.29, 1.82) is 0 Å². The third-order valence-electron chi connectivity index (χ3n) is 4.92. The van der Waals surface area contributed by atoms with Crippen LogP contribution in [-0.4, -0.2) is 31.7 Å². The summed E-state index contributed by atoms with van der Waals surface area (Å²) in [6, 6.07) is 16.7. The van der Waals surface area contributed by atoms with E-state index in [-0.39, 0.29) is 5.75 Å². The van der Waals surface area contributed by atoms with Crippen LogP contribution in [0.25, 0.3) is 0 Å². The molecule has 0 bridgehead atoms. The van der Waals surface area contributed by atoms with Gasteiger partial charge in [-0.05, 0) is 48.4 Å². The van der Waals surface area contributed by atoms with E-state index in [9.17, 15) is 13.2 Å². The minimum absolute atomic E-state index is 0.0626. The van der Waals surface area contributed by atoms with Crippen LogP contribution in [0.1, 0.15) is 34.3 Å². The molecule has 1 amide bonds. The Bertz CT molecular complexity index is 840. The molecule has 1 aliphatic rings. The molecule has 2 aromatic rings. The molecule has 3 rings (SSSR count). The van der Waals surface area contributed by atoms with E-state index in [4.69, 9.17) is 5.73 Å². The summed E-state index contributed by atoms with van der Waals surface area (Å²) < 4.78 is 26.8.